The Kier molecular flexibility index (Phi) is 7.20. The van der Waals surface area contributed by atoms with Crippen molar-refractivity contribution in [2.45, 2.75) is 23.9 Å². The van der Waals surface area contributed by atoms with Gasteiger partial charge in [0.1, 0.15) is 17.5 Å². The number of carbonyl (C=O) groups is 2. The number of hydrogen-bond acceptors (Lipinski definition) is 6. The van der Waals surface area contributed by atoms with Crippen LogP contribution in [0, 0.1) is 17.5 Å². The van der Waals surface area contributed by atoms with Crippen molar-refractivity contribution >= 4 is 24.0 Å². The Balaban J connectivity index is 1.91. The number of piperazine rings is 1. The first-order chi connectivity index (χ1) is 13.8. The van der Waals surface area contributed by atoms with Crippen LogP contribution in [-0.2, 0) is 9.59 Å². The molecule has 0 saturated carbocycles. The fourth-order valence-electron chi connectivity index (χ4n) is 3.82. The zero-order valence-electron chi connectivity index (χ0n) is 16.2. The van der Waals surface area contributed by atoms with Crippen molar-refractivity contribution in [1.29, 1.82) is 0 Å². The second-order valence-corrected chi connectivity index (χ2v) is 8.58. The minimum absolute atomic E-state index is 0.0975. The molecule has 3 rings (SSSR count). The molecule has 29 heavy (non-hydrogen) atoms. The number of benzene rings is 1. The van der Waals surface area contributed by atoms with Crippen LogP contribution in [0.25, 0.3) is 0 Å². The van der Waals surface area contributed by atoms with Gasteiger partial charge in [0.15, 0.2) is 11.6 Å². The molecular weight excluding hydrogens is 405 g/mol. The molecule has 2 saturated heterocycles. The Morgan fingerprint density at radius 1 is 1.17 bits per heavy atom. The number of nitrogens with two attached hydrogens (primary N) is 1. The lowest BCUT2D eigenvalue weighted by Gasteiger charge is -2.39. The highest BCUT2D eigenvalue weighted by atomic mass is 32.2. The normalized spacial score (nSPS) is 23.2. The fraction of sp³-hybridized carbons (Fsp3) is 0.579. The molecule has 1 aromatic rings. The van der Waals surface area contributed by atoms with Crippen LogP contribution < -0.4 is 5.73 Å². The Labute approximate surface area is 172 Å². The summed E-state index contributed by atoms with van der Waals surface area (Å²) >= 11 is 1.41. The predicted molar refractivity (Wildman–Crippen MR) is 105 cm³/mol. The van der Waals surface area contributed by atoms with E-state index in [0.717, 1.165) is 19.2 Å². The molecule has 0 aliphatic carbocycles. The van der Waals surface area contributed by atoms with Crippen LogP contribution in [0.2, 0.25) is 0 Å². The van der Waals surface area contributed by atoms with E-state index in [1.165, 1.54) is 11.8 Å². The van der Waals surface area contributed by atoms with Gasteiger partial charge >= 0.3 is 0 Å². The van der Waals surface area contributed by atoms with Crippen molar-refractivity contribution in [3.8, 4) is 0 Å². The van der Waals surface area contributed by atoms with Gasteiger partial charge in [0.25, 0.3) is 0 Å². The molecule has 2 aliphatic heterocycles. The smallest absolute Gasteiger partial charge is 0.250 e. The van der Waals surface area contributed by atoms with Crippen LogP contribution in [0.4, 0.5) is 13.2 Å². The predicted octanol–water partition coefficient (Wildman–Crippen LogP) is 1.21. The monoisotopic (exact) mass is 430 g/mol. The number of nitrogens with zero attached hydrogens (tertiary/aromatic N) is 3. The quantitative estimate of drug-likeness (QED) is 0.541. The van der Waals surface area contributed by atoms with Crippen LogP contribution in [-0.4, -0.2) is 83.8 Å². The van der Waals surface area contributed by atoms with E-state index in [1.54, 1.807) is 9.80 Å². The van der Waals surface area contributed by atoms with E-state index < -0.39 is 34.9 Å². The van der Waals surface area contributed by atoms with Gasteiger partial charge in [-0.2, -0.15) is 0 Å². The van der Waals surface area contributed by atoms with Gasteiger partial charge in [0, 0.05) is 62.6 Å². The van der Waals surface area contributed by atoms with Crippen LogP contribution >= 0.6 is 11.8 Å². The lowest BCUT2D eigenvalue weighted by molar-refractivity contribution is -0.135. The van der Waals surface area contributed by atoms with E-state index >= 15 is 0 Å². The van der Waals surface area contributed by atoms with Gasteiger partial charge in [-0.3, -0.25) is 9.69 Å². The van der Waals surface area contributed by atoms with Crippen LogP contribution in [0.5, 0.6) is 0 Å². The first kappa shape index (κ1) is 22.1. The maximum absolute atomic E-state index is 14.6. The fourth-order valence-corrected chi connectivity index (χ4v) is 5.08. The van der Waals surface area contributed by atoms with E-state index in [0.29, 0.717) is 37.7 Å². The second-order valence-electron chi connectivity index (χ2n) is 7.39. The molecular formula is C19H25F3N4O2S. The Bertz CT molecular complexity index is 761. The molecule has 2 heterocycles. The number of rotatable bonds is 6. The molecule has 160 valence electrons. The summed E-state index contributed by atoms with van der Waals surface area (Å²) in [7, 11) is 1.98. The average Bonchev–Trinajstić information content (AvgIpc) is 3.15. The number of amides is 1. The largest absolute Gasteiger partial charge is 0.338 e. The Morgan fingerprint density at radius 2 is 1.83 bits per heavy atom. The number of thioether (sulfide) groups is 1. The molecule has 1 aromatic carbocycles. The van der Waals surface area contributed by atoms with E-state index in [4.69, 9.17) is 5.73 Å². The van der Waals surface area contributed by atoms with Gasteiger partial charge in [-0.15, -0.1) is 11.8 Å². The van der Waals surface area contributed by atoms with E-state index in [9.17, 15) is 22.8 Å². The summed E-state index contributed by atoms with van der Waals surface area (Å²) < 4.78 is 41.9. The first-order valence-corrected chi connectivity index (χ1v) is 10.6. The summed E-state index contributed by atoms with van der Waals surface area (Å²) in [6, 6.07) is -0.535. The highest BCUT2D eigenvalue weighted by Crippen LogP contribution is 2.37. The molecule has 0 bridgehead atoms. The van der Waals surface area contributed by atoms with Gasteiger partial charge < -0.3 is 20.3 Å². The molecule has 6 nitrogen and oxygen atoms in total. The van der Waals surface area contributed by atoms with Crippen molar-refractivity contribution in [3.63, 3.8) is 0 Å². The lowest BCUT2D eigenvalue weighted by atomic mass is 9.95. The second kappa shape index (κ2) is 9.46. The van der Waals surface area contributed by atoms with Crippen molar-refractivity contribution < 1.29 is 22.8 Å². The first-order valence-electron chi connectivity index (χ1n) is 9.51. The third-order valence-corrected chi connectivity index (χ3v) is 6.65. The molecule has 2 fully saturated rings. The molecule has 10 heteroatoms. The van der Waals surface area contributed by atoms with Gasteiger partial charge in [0.05, 0.1) is 6.04 Å². The average molecular weight is 430 g/mol. The summed E-state index contributed by atoms with van der Waals surface area (Å²) in [5.74, 6) is -2.93. The van der Waals surface area contributed by atoms with Crippen LogP contribution in [0.1, 0.15) is 18.0 Å². The van der Waals surface area contributed by atoms with E-state index in [2.05, 4.69) is 4.90 Å². The van der Waals surface area contributed by atoms with Crippen molar-refractivity contribution in [1.82, 2.24) is 14.7 Å². The van der Waals surface area contributed by atoms with E-state index in [-0.39, 0.29) is 17.9 Å². The van der Waals surface area contributed by atoms with Gasteiger partial charge in [-0.05, 0) is 13.1 Å². The SMILES string of the molecule is CN1CCN(C(=O)C2SCCN2C(c2cc(F)c(F)cc2F)[C@H](N)CC=O)CC1. The number of likely N-dealkylation sites (N-methyl/N-ethyl adjacent to an activating group) is 1. The summed E-state index contributed by atoms with van der Waals surface area (Å²) in [6.45, 7) is 3.12. The van der Waals surface area contributed by atoms with Gasteiger partial charge in [-0.25, -0.2) is 13.2 Å². The zero-order chi connectivity index (χ0) is 21.1. The maximum atomic E-state index is 14.6. The van der Waals surface area contributed by atoms with Crippen molar-refractivity contribution in [3.05, 3.63) is 35.1 Å². The third kappa shape index (κ3) is 4.76. The highest BCUT2D eigenvalue weighted by Gasteiger charge is 2.42. The third-order valence-electron chi connectivity index (χ3n) is 5.44. The van der Waals surface area contributed by atoms with Crippen molar-refractivity contribution in [2.75, 3.05) is 45.5 Å². The highest BCUT2D eigenvalue weighted by molar-refractivity contribution is 8.00. The van der Waals surface area contributed by atoms with Crippen LogP contribution in [0.3, 0.4) is 0 Å². The minimum Gasteiger partial charge on any atom is -0.338 e. The maximum Gasteiger partial charge on any atom is 0.250 e. The zero-order valence-corrected chi connectivity index (χ0v) is 17.0. The number of carbonyl (C=O) groups excluding carboxylic acids is 2. The Morgan fingerprint density at radius 3 is 2.48 bits per heavy atom. The van der Waals surface area contributed by atoms with Crippen molar-refractivity contribution in [2.24, 2.45) is 5.73 Å². The van der Waals surface area contributed by atoms with Crippen LogP contribution in [0.15, 0.2) is 12.1 Å². The summed E-state index contributed by atoms with van der Waals surface area (Å²) in [5.41, 5.74) is 6.02. The molecule has 0 spiro atoms. The molecule has 1 amide bonds. The number of halogens is 3. The molecule has 3 atom stereocenters. The molecule has 2 N–H and O–H groups in total. The summed E-state index contributed by atoms with van der Waals surface area (Å²) in [4.78, 5) is 29.8. The van der Waals surface area contributed by atoms with E-state index in [1.807, 2.05) is 7.05 Å². The van der Waals surface area contributed by atoms with Gasteiger partial charge in [0.2, 0.25) is 5.91 Å². The molecule has 0 radical (unpaired) electrons. The number of aldehydes is 1. The number of hydrogen-bond donors (Lipinski definition) is 1. The minimum atomic E-state index is -1.30. The summed E-state index contributed by atoms with van der Waals surface area (Å²) in [5, 5.41) is -0.617. The standard InChI is InChI=1S/C19H25F3N4O2S/c1-24-3-5-25(6-4-24)18(28)19-26(7-9-29-19)17(16(23)2-8-27)12-10-14(21)15(22)11-13(12)20/h8,10-11,16-17,19H,2-7,9,23H2,1H3/t16-,17?,19?/m1/s1. The lowest BCUT2D eigenvalue weighted by Crippen LogP contribution is -2.54. The molecule has 2 aliphatic rings. The molecule has 0 aromatic heterocycles. The topological polar surface area (TPSA) is 69.9 Å². The Hall–Kier alpha value is -1.62. The van der Waals surface area contributed by atoms with Gasteiger partial charge in [-0.1, -0.05) is 0 Å². The molecule has 2 unspecified atom stereocenters. The summed E-state index contributed by atoms with van der Waals surface area (Å²) in [6.07, 6.45) is 0.510.